The number of benzene rings is 1. The first-order valence-corrected chi connectivity index (χ1v) is 7.37. The summed E-state index contributed by atoms with van der Waals surface area (Å²) in [6.45, 7) is 3.41. The van der Waals surface area contributed by atoms with Crippen molar-refractivity contribution < 1.29 is 19.4 Å². The summed E-state index contributed by atoms with van der Waals surface area (Å²) < 4.78 is 11.5. The zero-order valence-corrected chi connectivity index (χ0v) is 12.2. The van der Waals surface area contributed by atoms with Gasteiger partial charge in [-0.05, 0) is 25.3 Å². The van der Waals surface area contributed by atoms with Crippen LogP contribution in [0.4, 0.5) is 4.79 Å². The summed E-state index contributed by atoms with van der Waals surface area (Å²) in [6, 6.07) is 10.0. The molecule has 1 atom stereocenters. The fourth-order valence-electron chi connectivity index (χ4n) is 3.19. The SMILES string of the molecule is C[C@@H]1CN(C(=O)O)C2(CO1)CC(OCc1ccccc1)C2. The molecule has 21 heavy (non-hydrogen) atoms. The average Bonchev–Trinajstić information content (AvgIpc) is 2.45. The van der Waals surface area contributed by atoms with Crippen molar-refractivity contribution in [3.8, 4) is 0 Å². The van der Waals surface area contributed by atoms with E-state index >= 15 is 0 Å². The maximum atomic E-state index is 11.4. The molecule has 0 aromatic heterocycles. The lowest BCUT2D eigenvalue weighted by Gasteiger charge is -2.55. The lowest BCUT2D eigenvalue weighted by Crippen LogP contribution is -2.68. The van der Waals surface area contributed by atoms with Crippen LogP contribution in [-0.2, 0) is 16.1 Å². The van der Waals surface area contributed by atoms with E-state index in [0.29, 0.717) is 19.8 Å². The zero-order valence-electron chi connectivity index (χ0n) is 12.2. The molecule has 114 valence electrons. The van der Waals surface area contributed by atoms with E-state index in [2.05, 4.69) is 0 Å². The first-order chi connectivity index (χ1) is 10.1. The summed E-state index contributed by atoms with van der Waals surface area (Å²) in [7, 11) is 0. The van der Waals surface area contributed by atoms with E-state index in [0.717, 1.165) is 18.4 Å². The monoisotopic (exact) mass is 291 g/mol. The van der Waals surface area contributed by atoms with Gasteiger partial charge >= 0.3 is 6.09 Å². The third-order valence-electron chi connectivity index (χ3n) is 4.42. The minimum absolute atomic E-state index is 0.0315. The van der Waals surface area contributed by atoms with Gasteiger partial charge in [0.1, 0.15) is 0 Å². The van der Waals surface area contributed by atoms with Crippen molar-refractivity contribution in [1.82, 2.24) is 4.90 Å². The number of amides is 1. The maximum Gasteiger partial charge on any atom is 0.407 e. The highest BCUT2D eigenvalue weighted by atomic mass is 16.5. The van der Waals surface area contributed by atoms with Crippen LogP contribution in [0.1, 0.15) is 25.3 Å². The van der Waals surface area contributed by atoms with Crippen molar-refractivity contribution in [3.05, 3.63) is 35.9 Å². The van der Waals surface area contributed by atoms with Gasteiger partial charge in [0, 0.05) is 0 Å². The number of hydrogen-bond acceptors (Lipinski definition) is 3. The van der Waals surface area contributed by atoms with Crippen LogP contribution in [0.5, 0.6) is 0 Å². The summed E-state index contributed by atoms with van der Waals surface area (Å²) in [4.78, 5) is 13.0. The summed E-state index contributed by atoms with van der Waals surface area (Å²) >= 11 is 0. The highest BCUT2D eigenvalue weighted by molar-refractivity contribution is 5.66. The summed E-state index contributed by atoms with van der Waals surface area (Å²) in [5.74, 6) is 0. The lowest BCUT2D eigenvalue weighted by molar-refractivity contribution is -0.173. The third kappa shape index (κ3) is 2.89. The van der Waals surface area contributed by atoms with Crippen LogP contribution in [0.2, 0.25) is 0 Å². The average molecular weight is 291 g/mol. The fourth-order valence-corrected chi connectivity index (χ4v) is 3.19. The Labute approximate surface area is 124 Å². The predicted octanol–water partition coefficient (Wildman–Crippen LogP) is 2.50. The number of carbonyl (C=O) groups is 1. The number of rotatable bonds is 3. The van der Waals surface area contributed by atoms with Crippen molar-refractivity contribution >= 4 is 6.09 Å². The molecule has 1 saturated heterocycles. The van der Waals surface area contributed by atoms with Gasteiger partial charge < -0.3 is 14.6 Å². The van der Waals surface area contributed by atoms with Crippen LogP contribution in [0.15, 0.2) is 30.3 Å². The predicted molar refractivity (Wildman–Crippen MR) is 77.1 cm³/mol. The molecule has 1 N–H and O–H groups in total. The molecule has 1 aliphatic carbocycles. The molecule has 2 aliphatic rings. The van der Waals surface area contributed by atoms with Crippen molar-refractivity contribution in [2.75, 3.05) is 13.2 Å². The van der Waals surface area contributed by atoms with Gasteiger partial charge in [-0.2, -0.15) is 0 Å². The Kier molecular flexibility index (Phi) is 3.87. The molecule has 1 amide bonds. The Morgan fingerprint density at radius 3 is 2.81 bits per heavy atom. The van der Waals surface area contributed by atoms with E-state index in [1.165, 1.54) is 0 Å². The molecule has 0 bridgehead atoms. The second-order valence-corrected chi connectivity index (χ2v) is 6.07. The lowest BCUT2D eigenvalue weighted by atomic mass is 9.72. The van der Waals surface area contributed by atoms with Crippen LogP contribution >= 0.6 is 0 Å². The van der Waals surface area contributed by atoms with E-state index in [1.807, 2.05) is 37.3 Å². The van der Waals surface area contributed by atoms with Crippen LogP contribution in [0, 0.1) is 0 Å². The molecule has 1 aromatic carbocycles. The van der Waals surface area contributed by atoms with Crippen LogP contribution < -0.4 is 0 Å². The Balaban J connectivity index is 1.55. The van der Waals surface area contributed by atoms with Gasteiger partial charge in [-0.15, -0.1) is 0 Å². The second kappa shape index (κ2) is 5.66. The highest BCUT2D eigenvalue weighted by Gasteiger charge is 2.53. The normalized spacial score (nSPS) is 32.0. The first-order valence-electron chi connectivity index (χ1n) is 7.37. The molecule has 1 saturated carbocycles. The number of ether oxygens (including phenoxy) is 2. The van der Waals surface area contributed by atoms with E-state index in [9.17, 15) is 9.90 Å². The summed E-state index contributed by atoms with van der Waals surface area (Å²) in [5.41, 5.74) is 0.765. The largest absolute Gasteiger partial charge is 0.465 e. The van der Waals surface area contributed by atoms with E-state index in [-0.39, 0.29) is 17.7 Å². The van der Waals surface area contributed by atoms with Gasteiger partial charge in [-0.1, -0.05) is 30.3 Å². The van der Waals surface area contributed by atoms with Gasteiger partial charge in [-0.3, -0.25) is 4.90 Å². The molecule has 0 radical (unpaired) electrons. The Morgan fingerprint density at radius 1 is 1.43 bits per heavy atom. The number of morpholine rings is 1. The maximum absolute atomic E-state index is 11.4. The molecule has 1 aliphatic heterocycles. The molecule has 2 fully saturated rings. The van der Waals surface area contributed by atoms with Crippen LogP contribution in [-0.4, -0.2) is 47.0 Å². The molecule has 1 heterocycles. The molecule has 1 aromatic rings. The van der Waals surface area contributed by atoms with E-state index in [1.54, 1.807) is 4.90 Å². The van der Waals surface area contributed by atoms with Gasteiger partial charge in [0.2, 0.25) is 0 Å². The minimum atomic E-state index is -0.855. The molecule has 3 rings (SSSR count). The Hall–Kier alpha value is -1.59. The zero-order chi connectivity index (χ0) is 14.9. The van der Waals surface area contributed by atoms with Crippen molar-refractivity contribution in [1.29, 1.82) is 0 Å². The highest BCUT2D eigenvalue weighted by Crippen LogP contribution is 2.42. The van der Waals surface area contributed by atoms with Crippen molar-refractivity contribution in [2.24, 2.45) is 0 Å². The minimum Gasteiger partial charge on any atom is -0.465 e. The quantitative estimate of drug-likeness (QED) is 0.929. The fraction of sp³-hybridized carbons (Fsp3) is 0.562. The molecule has 1 spiro atoms. The molecule has 5 heteroatoms. The van der Waals surface area contributed by atoms with E-state index < -0.39 is 6.09 Å². The van der Waals surface area contributed by atoms with Gasteiger partial charge in [0.15, 0.2) is 0 Å². The second-order valence-electron chi connectivity index (χ2n) is 6.07. The van der Waals surface area contributed by atoms with Crippen LogP contribution in [0.3, 0.4) is 0 Å². The van der Waals surface area contributed by atoms with Crippen molar-refractivity contribution in [3.63, 3.8) is 0 Å². The van der Waals surface area contributed by atoms with Crippen LogP contribution in [0.25, 0.3) is 0 Å². The smallest absolute Gasteiger partial charge is 0.407 e. The van der Waals surface area contributed by atoms with Gasteiger partial charge in [-0.25, -0.2) is 4.79 Å². The molecular weight excluding hydrogens is 270 g/mol. The van der Waals surface area contributed by atoms with Gasteiger partial charge in [0.25, 0.3) is 0 Å². The molecular formula is C16H21NO4. The third-order valence-corrected chi connectivity index (χ3v) is 4.42. The topological polar surface area (TPSA) is 59.0 Å². The first kappa shape index (κ1) is 14.4. The Morgan fingerprint density at radius 2 is 2.14 bits per heavy atom. The number of carboxylic acid groups (broad SMARTS) is 1. The molecule has 5 nitrogen and oxygen atoms in total. The van der Waals surface area contributed by atoms with Crippen molar-refractivity contribution in [2.45, 2.75) is 44.1 Å². The Bertz CT molecular complexity index is 498. The summed E-state index contributed by atoms with van der Waals surface area (Å²) in [5, 5.41) is 9.38. The van der Waals surface area contributed by atoms with E-state index in [4.69, 9.17) is 9.47 Å². The number of nitrogens with zero attached hydrogens (tertiary/aromatic N) is 1. The standard InChI is InChI=1S/C16H21NO4/c1-12-9-17(15(18)19)16(11-21-12)7-14(8-16)20-10-13-5-3-2-4-6-13/h2-6,12,14H,7-11H2,1H3,(H,18,19)/t12-,14?,16?/m1/s1. The van der Waals surface area contributed by atoms with Gasteiger partial charge in [0.05, 0.1) is 37.5 Å². The molecule has 0 unspecified atom stereocenters. The summed E-state index contributed by atoms with van der Waals surface area (Å²) in [6.07, 6.45) is 0.671. The number of hydrogen-bond donors (Lipinski definition) is 1.